The predicted octanol–water partition coefficient (Wildman–Crippen LogP) is 0.567. The first-order chi connectivity index (χ1) is 8.54. The Kier molecular flexibility index (Phi) is 3.65. The van der Waals surface area contributed by atoms with E-state index in [1.807, 2.05) is 0 Å². The van der Waals surface area contributed by atoms with Gasteiger partial charge in [-0.05, 0) is 17.7 Å². The number of hydrogen-bond donors (Lipinski definition) is 2. The van der Waals surface area contributed by atoms with Crippen LogP contribution in [0.1, 0.15) is 11.7 Å². The van der Waals surface area contributed by atoms with Crippen molar-refractivity contribution in [1.82, 2.24) is 9.55 Å². The summed E-state index contributed by atoms with van der Waals surface area (Å²) in [6.07, 6.45) is -0.740. The fourth-order valence-corrected chi connectivity index (χ4v) is 1.89. The molecular formula is C12H13ClN2O3. The number of nitrogens with zero attached hydrogens (tertiary/aromatic N) is 2. The third-order valence-electron chi connectivity index (χ3n) is 2.81. The topological polar surface area (TPSA) is 75.3 Å². The van der Waals surface area contributed by atoms with Crippen molar-refractivity contribution in [2.24, 2.45) is 7.05 Å². The van der Waals surface area contributed by atoms with Crippen LogP contribution in [-0.4, -0.2) is 31.7 Å². The van der Waals surface area contributed by atoms with Crippen LogP contribution in [0.3, 0.4) is 0 Å². The molecule has 0 saturated carbocycles. The monoisotopic (exact) mass is 268 g/mol. The summed E-state index contributed by atoms with van der Waals surface area (Å²) in [6.45, 7) is 0. The van der Waals surface area contributed by atoms with Gasteiger partial charge in [0.2, 0.25) is 0 Å². The lowest BCUT2D eigenvalue weighted by Crippen LogP contribution is -2.21. The molecular weight excluding hydrogens is 256 g/mol. The molecule has 0 spiro atoms. The van der Waals surface area contributed by atoms with Crippen molar-refractivity contribution >= 4 is 22.5 Å². The molecule has 2 unspecified atom stereocenters. The first kappa shape index (κ1) is 13.0. The van der Waals surface area contributed by atoms with E-state index < -0.39 is 12.2 Å². The highest BCUT2D eigenvalue weighted by atomic mass is 35.5. The standard InChI is InChI=1S/C12H13ClN2O3/c1-15-6-14-9-3-2-7(4-8(9)12(15)18)11(17)10(16)5-13/h2-4,6,10-11,16-17H,5H2,1H3. The van der Waals surface area contributed by atoms with Gasteiger partial charge in [-0.1, -0.05) is 6.07 Å². The summed E-state index contributed by atoms with van der Waals surface area (Å²) in [5.41, 5.74) is 0.796. The fraction of sp³-hybridized carbons (Fsp3) is 0.333. The summed E-state index contributed by atoms with van der Waals surface area (Å²) in [5.74, 6) is -0.0791. The van der Waals surface area contributed by atoms with Crippen LogP contribution in [0.25, 0.3) is 10.9 Å². The number of hydrogen-bond acceptors (Lipinski definition) is 4. The smallest absolute Gasteiger partial charge is 0.260 e. The van der Waals surface area contributed by atoms with E-state index in [2.05, 4.69) is 4.98 Å². The summed E-state index contributed by atoms with van der Waals surface area (Å²) in [5, 5.41) is 19.7. The van der Waals surface area contributed by atoms with E-state index in [-0.39, 0.29) is 11.4 Å². The van der Waals surface area contributed by atoms with Crippen molar-refractivity contribution in [3.05, 3.63) is 40.4 Å². The van der Waals surface area contributed by atoms with Crippen LogP contribution in [0.4, 0.5) is 0 Å². The fourth-order valence-electron chi connectivity index (χ4n) is 1.72. The molecule has 0 aliphatic carbocycles. The van der Waals surface area contributed by atoms with Crippen molar-refractivity contribution in [3.63, 3.8) is 0 Å². The summed E-state index contributed by atoms with van der Waals surface area (Å²) in [6, 6.07) is 4.79. The van der Waals surface area contributed by atoms with E-state index in [1.54, 1.807) is 19.2 Å². The van der Waals surface area contributed by atoms with Gasteiger partial charge in [0, 0.05) is 7.05 Å². The van der Waals surface area contributed by atoms with Crippen molar-refractivity contribution < 1.29 is 10.2 Å². The molecule has 0 radical (unpaired) electrons. The lowest BCUT2D eigenvalue weighted by Gasteiger charge is -2.16. The molecule has 1 aromatic carbocycles. The molecule has 2 N–H and O–H groups in total. The maximum atomic E-state index is 11.9. The number of halogens is 1. The Bertz CT molecular complexity index is 626. The molecule has 1 aromatic heterocycles. The maximum absolute atomic E-state index is 11.9. The van der Waals surface area contributed by atoms with Gasteiger partial charge in [0.1, 0.15) is 6.10 Å². The third kappa shape index (κ3) is 2.25. The van der Waals surface area contributed by atoms with Crippen molar-refractivity contribution in [1.29, 1.82) is 0 Å². The van der Waals surface area contributed by atoms with E-state index in [0.29, 0.717) is 16.5 Å². The van der Waals surface area contributed by atoms with Crippen molar-refractivity contribution in [2.75, 3.05) is 5.88 Å². The Morgan fingerprint density at radius 1 is 1.44 bits per heavy atom. The molecule has 18 heavy (non-hydrogen) atoms. The Morgan fingerprint density at radius 2 is 2.17 bits per heavy atom. The quantitative estimate of drug-likeness (QED) is 0.798. The lowest BCUT2D eigenvalue weighted by molar-refractivity contribution is 0.0328. The van der Waals surface area contributed by atoms with Gasteiger partial charge in [0.05, 0.1) is 29.2 Å². The summed E-state index contributed by atoms with van der Waals surface area (Å²) < 4.78 is 1.36. The number of aliphatic hydroxyl groups excluding tert-OH is 2. The second kappa shape index (κ2) is 5.06. The van der Waals surface area contributed by atoms with Crippen LogP contribution in [0.5, 0.6) is 0 Å². The number of rotatable bonds is 3. The summed E-state index contributed by atoms with van der Waals surface area (Å²) >= 11 is 5.48. The number of fused-ring (bicyclic) bond motifs is 1. The van der Waals surface area contributed by atoms with Gasteiger partial charge >= 0.3 is 0 Å². The van der Waals surface area contributed by atoms with E-state index in [0.717, 1.165) is 0 Å². The van der Waals surface area contributed by atoms with Gasteiger partial charge in [-0.15, -0.1) is 11.6 Å². The highest BCUT2D eigenvalue weighted by Gasteiger charge is 2.18. The Labute approximate surface area is 108 Å². The van der Waals surface area contributed by atoms with Crippen LogP contribution in [0, 0.1) is 0 Å². The zero-order chi connectivity index (χ0) is 13.3. The molecule has 0 fully saturated rings. The zero-order valence-corrected chi connectivity index (χ0v) is 10.5. The second-order valence-corrected chi connectivity index (χ2v) is 4.41. The van der Waals surface area contributed by atoms with Crippen LogP contribution in [0.15, 0.2) is 29.3 Å². The molecule has 2 rings (SSSR count). The highest BCUT2D eigenvalue weighted by Crippen LogP contribution is 2.20. The minimum absolute atomic E-state index is 0.0791. The van der Waals surface area contributed by atoms with Gasteiger partial charge in [-0.3, -0.25) is 4.79 Å². The van der Waals surface area contributed by atoms with E-state index >= 15 is 0 Å². The van der Waals surface area contributed by atoms with Crippen LogP contribution >= 0.6 is 11.6 Å². The van der Waals surface area contributed by atoms with Gasteiger partial charge in [-0.2, -0.15) is 0 Å². The molecule has 0 aliphatic rings. The number of aryl methyl sites for hydroxylation is 1. The Morgan fingerprint density at radius 3 is 2.83 bits per heavy atom. The molecule has 5 nitrogen and oxygen atoms in total. The van der Waals surface area contributed by atoms with Gasteiger partial charge in [0.25, 0.3) is 5.56 Å². The zero-order valence-electron chi connectivity index (χ0n) is 9.75. The average molecular weight is 269 g/mol. The minimum Gasteiger partial charge on any atom is -0.389 e. The van der Waals surface area contributed by atoms with Crippen LogP contribution < -0.4 is 5.56 Å². The molecule has 0 bridgehead atoms. The molecule has 2 aromatic rings. The van der Waals surface area contributed by atoms with E-state index in [4.69, 9.17) is 11.6 Å². The Balaban J connectivity index is 2.56. The Hall–Kier alpha value is -1.43. The third-order valence-corrected chi connectivity index (χ3v) is 3.12. The highest BCUT2D eigenvalue weighted by molar-refractivity contribution is 6.18. The molecule has 1 heterocycles. The predicted molar refractivity (Wildman–Crippen MR) is 68.7 cm³/mol. The van der Waals surface area contributed by atoms with Crippen LogP contribution in [0.2, 0.25) is 0 Å². The molecule has 0 amide bonds. The average Bonchev–Trinajstić information content (AvgIpc) is 2.41. The molecule has 0 saturated heterocycles. The first-order valence-corrected chi connectivity index (χ1v) is 5.95. The molecule has 6 heteroatoms. The number of benzene rings is 1. The normalized spacial score (nSPS) is 14.7. The van der Waals surface area contributed by atoms with Crippen molar-refractivity contribution in [3.8, 4) is 0 Å². The van der Waals surface area contributed by atoms with E-state index in [9.17, 15) is 15.0 Å². The van der Waals surface area contributed by atoms with E-state index in [1.165, 1.54) is 17.0 Å². The number of aromatic nitrogens is 2. The molecule has 2 atom stereocenters. The SMILES string of the molecule is Cn1cnc2ccc(C(O)C(O)CCl)cc2c1=O. The van der Waals surface area contributed by atoms with Gasteiger partial charge in [-0.25, -0.2) is 4.98 Å². The summed E-state index contributed by atoms with van der Waals surface area (Å²) in [4.78, 5) is 16.0. The minimum atomic E-state index is -1.11. The second-order valence-electron chi connectivity index (χ2n) is 4.10. The van der Waals surface area contributed by atoms with Crippen molar-refractivity contribution in [2.45, 2.75) is 12.2 Å². The molecule has 0 aliphatic heterocycles. The number of alkyl halides is 1. The summed E-state index contributed by atoms with van der Waals surface area (Å²) in [7, 11) is 1.60. The first-order valence-electron chi connectivity index (χ1n) is 5.42. The van der Waals surface area contributed by atoms with Gasteiger partial charge < -0.3 is 14.8 Å². The maximum Gasteiger partial charge on any atom is 0.260 e. The lowest BCUT2D eigenvalue weighted by atomic mass is 10.0. The largest absolute Gasteiger partial charge is 0.389 e. The van der Waals surface area contributed by atoms with Crippen LogP contribution in [-0.2, 0) is 7.05 Å². The number of aliphatic hydroxyl groups is 2. The van der Waals surface area contributed by atoms with Gasteiger partial charge in [0.15, 0.2) is 0 Å². The molecule has 96 valence electrons.